The van der Waals surface area contributed by atoms with Crippen molar-refractivity contribution < 1.29 is 9.53 Å². The van der Waals surface area contributed by atoms with Gasteiger partial charge in [0.2, 0.25) is 0 Å². The predicted molar refractivity (Wildman–Crippen MR) is 89.5 cm³/mol. The molecule has 2 aromatic rings. The number of hydrogen-bond donors (Lipinski definition) is 2. The van der Waals surface area contributed by atoms with Gasteiger partial charge in [0.1, 0.15) is 5.75 Å². The molecule has 0 aliphatic rings. The summed E-state index contributed by atoms with van der Waals surface area (Å²) in [7, 11) is 1.46. The van der Waals surface area contributed by atoms with E-state index in [1.54, 1.807) is 30.3 Å². The van der Waals surface area contributed by atoms with Crippen LogP contribution in [0.25, 0.3) is 0 Å². The Bertz CT molecular complexity index is 684. The standard InChI is InChI=1S/C14H11BrCl2N2O2/c1-21-12-6-8(18)2-3-9(12)14(20)19-13-10(16)4-7(15)5-11(13)17/h2-6H,18H2,1H3,(H,19,20). The second-order valence-corrected chi connectivity index (χ2v) is 5.89. The molecule has 2 aromatic carbocycles. The summed E-state index contributed by atoms with van der Waals surface area (Å²) in [4.78, 5) is 12.3. The van der Waals surface area contributed by atoms with Gasteiger partial charge in [0, 0.05) is 16.2 Å². The lowest BCUT2D eigenvalue weighted by Gasteiger charge is -2.12. The van der Waals surface area contributed by atoms with Crippen LogP contribution in [0.3, 0.4) is 0 Å². The third kappa shape index (κ3) is 3.61. The first-order valence-electron chi connectivity index (χ1n) is 5.81. The Labute approximate surface area is 140 Å². The van der Waals surface area contributed by atoms with E-state index < -0.39 is 5.91 Å². The molecule has 0 heterocycles. The summed E-state index contributed by atoms with van der Waals surface area (Å²) < 4.78 is 5.87. The Morgan fingerprint density at radius 3 is 2.43 bits per heavy atom. The summed E-state index contributed by atoms with van der Waals surface area (Å²) in [5, 5.41) is 3.33. The quantitative estimate of drug-likeness (QED) is 0.754. The Morgan fingerprint density at radius 1 is 1.24 bits per heavy atom. The summed E-state index contributed by atoms with van der Waals surface area (Å²) in [6.07, 6.45) is 0. The van der Waals surface area contributed by atoms with Crippen LogP contribution in [0.1, 0.15) is 10.4 Å². The van der Waals surface area contributed by atoms with E-state index in [1.807, 2.05) is 0 Å². The van der Waals surface area contributed by atoms with Crippen molar-refractivity contribution in [2.75, 3.05) is 18.2 Å². The first-order valence-corrected chi connectivity index (χ1v) is 7.36. The van der Waals surface area contributed by atoms with Gasteiger partial charge in [0.15, 0.2) is 0 Å². The zero-order valence-electron chi connectivity index (χ0n) is 10.9. The molecule has 1 amide bonds. The number of rotatable bonds is 3. The van der Waals surface area contributed by atoms with Crippen LogP contribution in [0, 0.1) is 0 Å². The molecule has 0 bridgehead atoms. The highest BCUT2D eigenvalue weighted by atomic mass is 79.9. The first-order chi connectivity index (χ1) is 9.92. The van der Waals surface area contributed by atoms with E-state index in [4.69, 9.17) is 33.7 Å². The highest BCUT2D eigenvalue weighted by Gasteiger charge is 2.16. The lowest BCUT2D eigenvalue weighted by Crippen LogP contribution is -2.14. The number of nitrogens with two attached hydrogens (primary N) is 1. The Morgan fingerprint density at radius 2 is 1.86 bits per heavy atom. The van der Waals surface area contributed by atoms with Crippen molar-refractivity contribution in [2.24, 2.45) is 0 Å². The Balaban J connectivity index is 2.35. The van der Waals surface area contributed by atoms with Gasteiger partial charge in [0.25, 0.3) is 5.91 Å². The lowest BCUT2D eigenvalue weighted by molar-refractivity contribution is 0.102. The van der Waals surface area contributed by atoms with E-state index >= 15 is 0 Å². The molecule has 0 spiro atoms. The van der Waals surface area contributed by atoms with E-state index in [0.29, 0.717) is 32.7 Å². The van der Waals surface area contributed by atoms with Gasteiger partial charge in [0.05, 0.1) is 28.4 Å². The largest absolute Gasteiger partial charge is 0.496 e. The molecule has 110 valence electrons. The van der Waals surface area contributed by atoms with Gasteiger partial charge < -0.3 is 15.8 Å². The molecule has 0 fully saturated rings. The minimum absolute atomic E-state index is 0.331. The molecule has 0 aliphatic carbocycles. The summed E-state index contributed by atoms with van der Waals surface area (Å²) in [6, 6.07) is 8.04. The van der Waals surface area contributed by atoms with Crippen LogP contribution in [-0.4, -0.2) is 13.0 Å². The van der Waals surface area contributed by atoms with Crippen molar-refractivity contribution >= 4 is 56.4 Å². The van der Waals surface area contributed by atoms with Crippen molar-refractivity contribution in [3.05, 3.63) is 50.4 Å². The number of halogens is 3. The van der Waals surface area contributed by atoms with E-state index in [-0.39, 0.29) is 0 Å². The van der Waals surface area contributed by atoms with E-state index in [2.05, 4.69) is 21.2 Å². The van der Waals surface area contributed by atoms with Crippen LogP contribution < -0.4 is 15.8 Å². The van der Waals surface area contributed by atoms with Crippen molar-refractivity contribution in [1.82, 2.24) is 0 Å². The fourth-order valence-corrected chi connectivity index (χ4v) is 3.04. The summed E-state index contributed by atoms with van der Waals surface area (Å²) in [5.41, 5.74) is 6.84. The van der Waals surface area contributed by atoms with Crippen molar-refractivity contribution in [2.45, 2.75) is 0 Å². The van der Waals surface area contributed by atoms with Crippen LogP contribution in [-0.2, 0) is 0 Å². The minimum atomic E-state index is -0.391. The van der Waals surface area contributed by atoms with Gasteiger partial charge in [-0.25, -0.2) is 0 Å². The molecule has 21 heavy (non-hydrogen) atoms. The van der Waals surface area contributed by atoms with E-state index in [0.717, 1.165) is 4.47 Å². The molecular weight excluding hydrogens is 379 g/mol. The third-order valence-electron chi connectivity index (χ3n) is 2.72. The van der Waals surface area contributed by atoms with Gasteiger partial charge >= 0.3 is 0 Å². The number of ether oxygens (including phenoxy) is 1. The van der Waals surface area contributed by atoms with Gasteiger partial charge in [-0.05, 0) is 24.3 Å². The van der Waals surface area contributed by atoms with Crippen LogP contribution in [0.2, 0.25) is 10.0 Å². The average Bonchev–Trinajstić information content (AvgIpc) is 2.42. The highest BCUT2D eigenvalue weighted by molar-refractivity contribution is 9.10. The predicted octanol–water partition coefficient (Wildman–Crippen LogP) is 4.60. The number of nitrogen functional groups attached to an aromatic ring is 1. The smallest absolute Gasteiger partial charge is 0.259 e. The van der Waals surface area contributed by atoms with Gasteiger partial charge in [-0.15, -0.1) is 0 Å². The zero-order valence-corrected chi connectivity index (χ0v) is 14.0. The van der Waals surface area contributed by atoms with Crippen LogP contribution >= 0.6 is 39.1 Å². The number of methoxy groups -OCH3 is 1. The van der Waals surface area contributed by atoms with Crippen molar-refractivity contribution in [3.8, 4) is 5.75 Å². The second kappa shape index (κ2) is 6.56. The number of nitrogens with one attached hydrogen (secondary N) is 1. The number of amides is 1. The van der Waals surface area contributed by atoms with Gasteiger partial charge in [-0.1, -0.05) is 39.1 Å². The molecule has 7 heteroatoms. The second-order valence-electron chi connectivity index (χ2n) is 4.16. The van der Waals surface area contributed by atoms with Crippen LogP contribution in [0.5, 0.6) is 5.75 Å². The maximum absolute atomic E-state index is 12.3. The molecule has 0 atom stereocenters. The molecule has 4 nitrogen and oxygen atoms in total. The molecule has 0 saturated carbocycles. The molecular formula is C14H11BrCl2N2O2. The normalized spacial score (nSPS) is 10.3. The number of hydrogen-bond acceptors (Lipinski definition) is 3. The number of anilines is 2. The van der Waals surface area contributed by atoms with Gasteiger partial charge in [-0.2, -0.15) is 0 Å². The molecule has 2 rings (SSSR count). The monoisotopic (exact) mass is 388 g/mol. The molecule has 0 radical (unpaired) electrons. The summed E-state index contributed by atoms with van der Waals surface area (Å²) in [6.45, 7) is 0. The molecule has 3 N–H and O–H groups in total. The van der Waals surface area contributed by atoms with Crippen molar-refractivity contribution in [3.63, 3.8) is 0 Å². The maximum Gasteiger partial charge on any atom is 0.259 e. The molecule has 0 saturated heterocycles. The molecule has 0 aliphatic heterocycles. The van der Waals surface area contributed by atoms with Gasteiger partial charge in [-0.3, -0.25) is 4.79 Å². The SMILES string of the molecule is COc1cc(N)ccc1C(=O)Nc1c(Cl)cc(Br)cc1Cl. The lowest BCUT2D eigenvalue weighted by atomic mass is 10.1. The fourth-order valence-electron chi connectivity index (χ4n) is 1.74. The number of carbonyl (C=O) groups excluding carboxylic acids is 1. The fraction of sp³-hybridized carbons (Fsp3) is 0.0714. The van der Waals surface area contributed by atoms with Crippen molar-refractivity contribution in [1.29, 1.82) is 0 Å². The zero-order chi connectivity index (χ0) is 15.6. The molecule has 0 aromatic heterocycles. The average molecular weight is 390 g/mol. The van der Waals surface area contributed by atoms with Crippen LogP contribution in [0.15, 0.2) is 34.8 Å². The summed E-state index contributed by atoms with van der Waals surface area (Å²) >= 11 is 15.4. The number of carbonyl (C=O) groups is 1. The Hall–Kier alpha value is -1.43. The summed E-state index contributed by atoms with van der Waals surface area (Å²) in [5.74, 6) is -0.0187. The topological polar surface area (TPSA) is 64.3 Å². The minimum Gasteiger partial charge on any atom is -0.496 e. The van der Waals surface area contributed by atoms with Crippen LogP contribution in [0.4, 0.5) is 11.4 Å². The maximum atomic E-state index is 12.3. The highest BCUT2D eigenvalue weighted by Crippen LogP contribution is 2.34. The first kappa shape index (κ1) is 15.9. The van der Waals surface area contributed by atoms with E-state index in [9.17, 15) is 4.79 Å². The number of benzene rings is 2. The molecule has 0 unspecified atom stereocenters. The van der Waals surface area contributed by atoms with E-state index in [1.165, 1.54) is 7.11 Å². The Kier molecular flexibility index (Phi) is 4.98. The third-order valence-corrected chi connectivity index (χ3v) is 3.77.